The fourth-order valence-corrected chi connectivity index (χ4v) is 4.13. The summed E-state index contributed by atoms with van der Waals surface area (Å²) in [5.74, 6) is 0.936. The Bertz CT molecular complexity index is 994. The van der Waals surface area contributed by atoms with Gasteiger partial charge in [-0.15, -0.1) is 0 Å². The number of thioether (sulfide) groups is 1. The van der Waals surface area contributed by atoms with Gasteiger partial charge in [-0.1, -0.05) is 4.98 Å². The topological polar surface area (TPSA) is 217 Å². The number of ether oxygens (including phenoxy) is 1. The Kier molecular flexibility index (Phi) is 7.16. The molecule has 0 aliphatic carbocycles. The minimum absolute atomic E-state index is 0.0217. The second-order valence-electron chi connectivity index (χ2n) is 6.51. The standard InChI is InChI=1S/C14H22N5O9PS/c15-14-16-11-8(12(23)17-14)18(1-3-30-4-2-20)6-19(11)13-10(22)9(21)7(28-13)5-27-29(24,25)26/h6-7,9-10,13,20-22H,1-5H2,(H4-,15,16,17,23,24,25,26)/p+1/t7-,9-,10-,13-/m1/s1. The van der Waals surface area contributed by atoms with Gasteiger partial charge in [0.2, 0.25) is 11.7 Å². The first-order valence-electron chi connectivity index (χ1n) is 8.82. The number of hydrogen-bond donors (Lipinski definition) is 7. The summed E-state index contributed by atoms with van der Waals surface area (Å²) in [6, 6.07) is 0. The largest absolute Gasteiger partial charge is 0.469 e. The molecule has 0 aromatic carbocycles. The van der Waals surface area contributed by atoms with Crippen molar-refractivity contribution in [3.8, 4) is 0 Å². The van der Waals surface area contributed by atoms with Gasteiger partial charge in [-0.2, -0.15) is 11.8 Å². The van der Waals surface area contributed by atoms with Crippen molar-refractivity contribution >= 4 is 36.7 Å². The van der Waals surface area contributed by atoms with Gasteiger partial charge in [0.25, 0.3) is 11.5 Å². The third-order valence-corrected chi connectivity index (χ3v) is 5.85. The lowest BCUT2D eigenvalue weighted by Crippen LogP contribution is -2.46. The summed E-state index contributed by atoms with van der Waals surface area (Å²) >= 11 is 1.47. The van der Waals surface area contributed by atoms with E-state index in [0.717, 1.165) is 0 Å². The van der Waals surface area contributed by atoms with Crippen LogP contribution in [0.4, 0.5) is 5.95 Å². The Morgan fingerprint density at radius 1 is 1.37 bits per heavy atom. The van der Waals surface area contributed by atoms with Crippen LogP contribution in [0.15, 0.2) is 11.1 Å². The third-order valence-electron chi connectivity index (χ3n) is 4.42. The van der Waals surface area contributed by atoms with Gasteiger partial charge in [0.05, 0.1) is 19.8 Å². The molecule has 8 N–H and O–H groups in total. The van der Waals surface area contributed by atoms with Crippen LogP contribution in [-0.4, -0.2) is 82.7 Å². The maximum Gasteiger partial charge on any atom is 0.469 e. The molecule has 16 heteroatoms. The van der Waals surface area contributed by atoms with Gasteiger partial charge >= 0.3 is 13.5 Å². The predicted octanol–water partition coefficient (Wildman–Crippen LogP) is -2.95. The number of nitrogens with two attached hydrogens (primary N) is 1. The van der Waals surface area contributed by atoms with E-state index in [-0.39, 0.29) is 23.7 Å². The van der Waals surface area contributed by atoms with E-state index in [9.17, 15) is 19.6 Å². The smallest absolute Gasteiger partial charge is 0.396 e. The van der Waals surface area contributed by atoms with Gasteiger partial charge in [0.1, 0.15) is 18.3 Å². The molecule has 2 aromatic rings. The van der Waals surface area contributed by atoms with Gasteiger partial charge in [-0.3, -0.25) is 18.9 Å². The zero-order valence-electron chi connectivity index (χ0n) is 15.6. The molecular formula is C14H23N5O9PS+. The number of aromatic amines is 1. The van der Waals surface area contributed by atoms with Crippen LogP contribution in [0.1, 0.15) is 6.23 Å². The number of anilines is 1. The fraction of sp³-hybridized carbons (Fsp3) is 0.643. The highest BCUT2D eigenvalue weighted by molar-refractivity contribution is 7.99. The molecule has 0 amide bonds. The Morgan fingerprint density at radius 3 is 2.77 bits per heavy atom. The van der Waals surface area contributed by atoms with Gasteiger partial charge < -0.3 is 35.6 Å². The van der Waals surface area contributed by atoms with Crippen molar-refractivity contribution in [1.29, 1.82) is 0 Å². The molecule has 1 aliphatic rings. The monoisotopic (exact) mass is 468 g/mol. The van der Waals surface area contributed by atoms with Crippen LogP contribution in [0.3, 0.4) is 0 Å². The normalized spacial score (nSPS) is 24.7. The molecule has 0 saturated carbocycles. The molecule has 0 bridgehead atoms. The molecule has 1 aliphatic heterocycles. The lowest BCUT2D eigenvalue weighted by molar-refractivity contribution is -0.745. The maximum absolute atomic E-state index is 12.4. The predicted molar refractivity (Wildman–Crippen MR) is 103 cm³/mol. The van der Waals surface area contributed by atoms with Crippen molar-refractivity contribution in [3.63, 3.8) is 0 Å². The zero-order valence-corrected chi connectivity index (χ0v) is 17.3. The van der Waals surface area contributed by atoms with Gasteiger partial charge in [0.15, 0.2) is 6.33 Å². The molecule has 2 aromatic heterocycles. The van der Waals surface area contributed by atoms with Gasteiger partial charge in [-0.25, -0.2) is 9.13 Å². The van der Waals surface area contributed by atoms with Crippen LogP contribution in [-0.2, 0) is 20.4 Å². The summed E-state index contributed by atoms with van der Waals surface area (Å²) < 4.78 is 23.7. The van der Waals surface area contributed by atoms with Crippen LogP contribution < -0.4 is 15.9 Å². The number of H-pyrrole nitrogens is 1. The average molecular weight is 468 g/mol. The highest BCUT2D eigenvalue weighted by atomic mass is 32.2. The number of nitrogens with one attached hydrogen (secondary N) is 1. The first-order valence-corrected chi connectivity index (χ1v) is 11.5. The number of phosphoric ester groups is 1. The van der Waals surface area contributed by atoms with Crippen molar-refractivity contribution in [2.75, 3.05) is 30.5 Å². The number of aliphatic hydroxyl groups excluding tert-OH is 3. The number of nitrogen functional groups attached to an aromatic ring is 1. The van der Waals surface area contributed by atoms with E-state index < -0.39 is 44.5 Å². The van der Waals surface area contributed by atoms with E-state index in [1.807, 2.05) is 0 Å². The van der Waals surface area contributed by atoms with E-state index in [1.165, 1.54) is 22.7 Å². The van der Waals surface area contributed by atoms with E-state index in [2.05, 4.69) is 14.5 Å². The summed E-state index contributed by atoms with van der Waals surface area (Å²) in [6.45, 7) is -0.265. The highest BCUT2D eigenvalue weighted by Gasteiger charge is 2.47. The number of aliphatic hydroxyl groups is 3. The zero-order chi connectivity index (χ0) is 22.1. The Labute approximate surface area is 173 Å². The molecule has 0 radical (unpaired) electrons. The molecule has 168 valence electrons. The number of phosphoric acid groups is 1. The van der Waals surface area contributed by atoms with E-state index in [1.54, 1.807) is 4.57 Å². The average Bonchev–Trinajstić information content (AvgIpc) is 3.15. The van der Waals surface area contributed by atoms with Crippen molar-refractivity contribution in [3.05, 3.63) is 16.7 Å². The van der Waals surface area contributed by atoms with Crippen molar-refractivity contribution in [2.45, 2.75) is 31.1 Å². The van der Waals surface area contributed by atoms with Crippen molar-refractivity contribution < 1.29 is 43.5 Å². The summed E-state index contributed by atoms with van der Waals surface area (Å²) in [5.41, 5.74) is 5.38. The van der Waals surface area contributed by atoms with Crippen LogP contribution in [0.5, 0.6) is 0 Å². The quantitative estimate of drug-likeness (QED) is 0.112. The summed E-state index contributed by atoms with van der Waals surface area (Å²) in [6.07, 6.45) is -3.98. The molecule has 4 atom stereocenters. The van der Waals surface area contributed by atoms with Crippen molar-refractivity contribution in [2.24, 2.45) is 0 Å². The first-order chi connectivity index (χ1) is 14.1. The van der Waals surface area contributed by atoms with Gasteiger partial charge in [0, 0.05) is 11.5 Å². The Hall–Kier alpha value is -1.55. The van der Waals surface area contributed by atoms with E-state index in [0.29, 0.717) is 18.1 Å². The molecule has 1 saturated heterocycles. The van der Waals surface area contributed by atoms with E-state index >= 15 is 0 Å². The number of aromatic nitrogens is 4. The second kappa shape index (κ2) is 9.30. The summed E-state index contributed by atoms with van der Waals surface area (Å²) in [5, 5.41) is 29.5. The minimum atomic E-state index is -4.80. The summed E-state index contributed by atoms with van der Waals surface area (Å²) in [4.78, 5) is 36.6. The van der Waals surface area contributed by atoms with Crippen LogP contribution in [0, 0.1) is 0 Å². The number of rotatable bonds is 9. The molecule has 30 heavy (non-hydrogen) atoms. The van der Waals surface area contributed by atoms with Gasteiger partial charge in [-0.05, 0) is 0 Å². The molecule has 0 spiro atoms. The molecule has 3 heterocycles. The molecule has 1 fully saturated rings. The van der Waals surface area contributed by atoms with Crippen LogP contribution in [0.25, 0.3) is 11.2 Å². The van der Waals surface area contributed by atoms with Crippen molar-refractivity contribution in [1.82, 2.24) is 14.5 Å². The lowest BCUT2D eigenvalue weighted by Gasteiger charge is -2.14. The fourth-order valence-electron chi connectivity index (χ4n) is 3.13. The molecular weight excluding hydrogens is 445 g/mol. The Balaban J connectivity index is 1.93. The second-order valence-corrected chi connectivity index (χ2v) is 8.97. The number of fused-ring (bicyclic) bond motifs is 1. The number of imidazole rings is 1. The number of aryl methyl sites for hydroxylation is 1. The third kappa shape index (κ3) is 5.01. The molecule has 14 nitrogen and oxygen atoms in total. The summed E-state index contributed by atoms with van der Waals surface area (Å²) in [7, 11) is -4.80. The lowest BCUT2D eigenvalue weighted by atomic mass is 10.1. The van der Waals surface area contributed by atoms with Crippen LogP contribution in [0.2, 0.25) is 0 Å². The number of nitrogens with zero attached hydrogens (tertiary/aromatic N) is 3. The SMILES string of the molecule is Nc1nc2c(c(=O)[nH]1)n(CCSCCO)c[n+]2[C@@H]1O[C@H](COP(=O)(O)O)[C@@H](O)[C@H]1O. The maximum atomic E-state index is 12.4. The Morgan fingerprint density at radius 2 is 2.10 bits per heavy atom. The molecule has 0 unspecified atom stereocenters. The molecule has 3 rings (SSSR count). The first kappa shape index (κ1) is 23.1. The van der Waals surface area contributed by atoms with Crippen LogP contribution >= 0.6 is 19.6 Å². The number of hydrogen-bond acceptors (Lipinski definition) is 10. The highest BCUT2D eigenvalue weighted by Crippen LogP contribution is 2.37. The minimum Gasteiger partial charge on any atom is -0.396 e. The van der Waals surface area contributed by atoms with E-state index in [4.69, 9.17) is 25.4 Å².